The first kappa shape index (κ1) is 13.4. The molecule has 0 aliphatic heterocycles. The zero-order valence-corrected chi connectivity index (χ0v) is 11.4. The van der Waals surface area contributed by atoms with Crippen molar-refractivity contribution in [2.75, 3.05) is 20.8 Å². The normalized spacial score (nSPS) is 10.5. The summed E-state index contributed by atoms with van der Waals surface area (Å²) < 4.78 is 10.7. The smallest absolute Gasteiger partial charge is 0.184 e. The third-order valence-electron chi connectivity index (χ3n) is 2.93. The Kier molecular flexibility index (Phi) is 4.01. The highest BCUT2D eigenvalue weighted by Crippen LogP contribution is 2.36. The first-order valence-electron chi connectivity index (χ1n) is 6.04. The molecule has 19 heavy (non-hydrogen) atoms. The van der Waals surface area contributed by atoms with Crippen LogP contribution in [-0.2, 0) is 6.42 Å². The number of benzene rings is 1. The summed E-state index contributed by atoms with van der Waals surface area (Å²) in [5, 5.41) is 7.07. The summed E-state index contributed by atoms with van der Waals surface area (Å²) in [4.78, 5) is 4.41. The van der Waals surface area contributed by atoms with E-state index in [1.165, 1.54) is 0 Å². The topological polar surface area (TPSA) is 86.0 Å². The van der Waals surface area contributed by atoms with Crippen molar-refractivity contribution in [2.45, 2.75) is 13.3 Å². The van der Waals surface area contributed by atoms with Gasteiger partial charge in [0.2, 0.25) is 0 Å². The molecule has 0 aliphatic carbocycles. The van der Waals surface area contributed by atoms with Crippen LogP contribution >= 0.6 is 0 Å². The van der Waals surface area contributed by atoms with E-state index in [0.717, 1.165) is 28.5 Å². The van der Waals surface area contributed by atoms with Gasteiger partial charge in [-0.1, -0.05) is 0 Å². The number of nitrogens with two attached hydrogens (primary N) is 1. The summed E-state index contributed by atoms with van der Waals surface area (Å²) >= 11 is 0. The maximum Gasteiger partial charge on any atom is 0.184 e. The molecule has 6 nitrogen and oxygen atoms in total. The van der Waals surface area contributed by atoms with Gasteiger partial charge in [-0.05, 0) is 25.6 Å². The van der Waals surface area contributed by atoms with Gasteiger partial charge in [0.15, 0.2) is 5.82 Å². The molecule has 0 radical (unpaired) electrons. The molecule has 1 aromatic heterocycles. The molecule has 1 heterocycles. The number of rotatable bonds is 5. The van der Waals surface area contributed by atoms with Crippen LogP contribution in [0.4, 0.5) is 0 Å². The molecule has 0 amide bonds. The summed E-state index contributed by atoms with van der Waals surface area (Å²) in [7, 11) is 3.26. The number of nitrogens with zero attached hydrogens (tertiary/aromatic N) is 2. The number of methoxy groups -OCH3 is 2. The van der Waals surface area contributed by atoms with Crippen molar-refractivity contribution in [2.24, 2.45) is 5.73 Å². The molecule has 0 saturated heterocycles. The summed E-state index contributed by atoms with van der Waals surface area (Å²) in [5.74, 6) is 2.87. The van der Waals surface area contributed by atoms with E-state index < -0.39 is 0 Å². The summed E-state index contributed by atoms with van der Waals surface area (Å²) in [5.41, 5.74) is 7.25. The van der Waals surface area contributed by atoms with Gasteiger partial charge in [-0.2, -0.15) is 5.10 Å². The Morgan fingerprint density at radius 2 is 2.05 bits per heavy atom. The fourth-order valence-corrected chi connectivity index (χ4v) is 2.00. The molecule has 3 N–H and O–H groups in total. The van der Waals surface area contributed by atoms with Gasteiger partial charge in [-0.3, -0.25) is 5.10 Å². The van der Waals surface area contributed by atoms with Crippen LogP contribution in [0.15, 0.2) is 12.1 Å². The van der Waals surface area contributed by atoms with E-state index in [9.17, 15) is 0 Å². The zero-order valence-electron chi connectivity index (χ0n) is 11.4. The standard InChI is InChI=1S/C13H18N4O2/c1-8-10(18-2)5-4-9(12(8)19-3)13-15-11(6-7-14)16-17-13/h4-5H,6-7,14H2,1-3H3,(H,15,16,17). The van der Waals surface area contributed by atoms with Gasteiger partial charge in [-0.15, -0.1) is 0 Å². The molecule has 0 fully saturated rings. The highest BCUT2D eigenvalue weighted by atomic mass is 16.5. The Hall–Kier alpha value is -2.08. The third-order valence-corrected chi connectivity index (χ3v) is 2.93. The molecule has 0 atom stereocenters. The van der Waals surface area contributed by atoms with Crippen LogP contribution in [0.2, 0.25) is 0 Å². The van der Waals surface area contributed by atoms with Gasteiger partial charge >= 0.3 is 0 Å². The van der Waals surface area contributed by atoms with Crippen LogP contribution in [-0.4, -0.2) is 35.9 Å². The van der Waals surface area contributed by atoms with Crippen molar-refractivity contribution in [3.63, 3.8) is 0 Å². The maximum atomic E-state index is 5.50. The van der Waals surface area contributed by atoms with Crippen molar-refractivity contribution in [3.05, 3.63) is 23.5 Å². The highest BCUT2D eigenvalue weighted by molar-refractivity contribution is 5.68. The van der Waals surface area contributed by atoms with Gasteiger partial charge in [0, 0.05) is 12.0 Å². The summed E-state index contributed by atoms with van der Waals surface area (Å²) in [6, 6.07) is 3.77. The lowest BCUT2D eigenvalue weighted by molar-refractivity contribution is 0.389. The van der Waals surface area contributed by atoms with Crippen LogP contribution < -0.4 is 15.2 Å². The lowest BCUT2D eigenvalue weighted by Crippen LogP contribution is -2.03. The largest absolute Gasteiger partial charge is 0.496 e. The fraction of sp³-hybridized carbons (Fsp3) is 0.385. The second-order valence-electron chi connectivity index (χ2n) is 4.12. The average molecular weight is 262 g/mol. The van der Waals surface area contributed by atoms with E-state index in [1.54, 1.807) is 14.2 Å². The Balaban J connectivity index is 2.46. The van der Waals surface area contributed by atoms with Gasteiger partial charge in [0.05, 0.1) is 19.8 Å². The number of H-pyrrole nitrogens is 1. The van der Waals surface area contributed by atoms with Crippen LogP contribution in [0.25, 0.3) is 11.4 Å². The van der Waals surface area contributed by atoms with Crippen LogP contribution in [0.5, 0.6) is 11.5 Å². The van der Waals surface area contributed by atoms with E-state index in [4.69, 9.17) is 15.2 Å². The van der Waals surface area contributed by atoms with E-state index in [2.05, 4.69) is 15.2 Å². The summed E-state index contributed by atoms with van der Waals surface area (Å²) in [6.07, 6.45) is 0.671. The first-order chi connectivity index (χ1) is 9.21. The van der Waals surface area contributed by atoms with Crippen LogP contribution in [0, 0.1) is 6.92 Å². The van der Waals surface area contributed by atoms with Crippen molar-refractivity contribution in [1.82, 2.24) is 15.2 Å². The third kappa shape index (κ3) is 2.53. The Labute approximate surface area is 111 Å². The number of hydrogen-bond acceptors (Lipinski definition) is 5. The van der Waals surface area contributed by atoms with Crippen molar-refractivity contribution < 1.29 is 9.47 Å². The van der Waals surface area contributed by atoms with E-state index in [-0.39, 0.29) is 0 Å². The Morgan fingerprint density at radius 3 is 2.68 bits per heavy atom. The molecular formula is C13H18N4O2. The Bertz CT molecular complexity index is 566. The number of aromatic amines is 1. The van der Waals surface area contributed by atoms with Gasteiger partial charge in [0.25, 0.3) is 0 Å². The fourth-order valence-electron chi connectivity index (χ4n) is 2.00. The molecule has 2 rings (SSSR count). The second-order valence-corrected chi connectivity index (χ2v) is 4.12. The van der Waals surface area contributed by atoms with E-state index >= 15 is 0 Å². The van der Waals surface area contributed by atoms with Crippen molar-refractivity contribution >= 4 is 0 Å². The average Bonchev–Trinajstić information content (AvgIpc) is 2.87. The van der Waals surface area contributed by atoms with Gasteiger partial charge < -0.3 is 15.2 Å². The molecule has 2 aromatic rings. The minimum atomic E-state index is 0.535. The maximum absolute atomic E-state index is 5.50. The minimum Gasteiger partial charge on any atom is -0.496 e. The predicted octanol–water partition coefficient (Wildman–Crippen LogP) is 1.30. The highest BCUT2D eigenvalue weighted by Gasteiger charge is 2.16. The van der Waals surface area contributed by atoms with Crippen LogP contribution in [0.1, 0.15) is 11.4 Å². The first-order valence-corrected chi connectivity index (χ1v) is 6.04. The summed E-state index contributed by atoms with van der Waals surface area (Å²) in [6.45, 7) is 2.47. The van der Waals surface area contributed by atoms with Crippen molar-refractivity contribution in [1.29, 1.82) is 0 Å². The Morgan fingerprint density at radius 1 is 1.26 bits per heavy atom. The number of hydrogen-bond donors (Lipinski definition) is 2. The molecule has 1 aromatic carbocycles. The zero-order chi connectivity index (χ0) is 13.8. The molecular weight excluding hydrogens is 244 g/mol. The molecule has 102 valence electrons. The SMILES string of the molecule is COc1ccc(-c2n[nH]c(CCN)n2)c(OC)c1C. The number of ether oxygens (including phenoxy) is 2. The number of aromatic nitrogens is 3. The minimum absolute atomic E-state index is 0.535. The van der Waals surface area contributed by atoms with E-state index in [0.29, 0.717) is 18.8 Å². The van der Waals surface area contributed by atoms with Gasteiger partial charge in [0.1, 0.15) is 17.3 Å². The quantitative estimate of drug-likeness (QED) is 0.848. The van der Waals surface area contributed by atoms with Crippen LogP contribution in [0.3, 0.4) is 0 Å². The molecule has 0 unspecified atom stereocenters. The molecule has 6 heteroatoms. The number of nitrogens with one attached hydrogen (secondary N) is 1. The monoisotopic (exact) mass is 262 g/mol. The molecule has 0 saturated carbocycles. The lowest BCUT2D eigenvalue weighted by atomic mass is 10.1. The molecule has 0 bridgehead atoms. The molecule has 0 spiro atoms. The second kappa shape index (κ2) is 5.71. The van der Waals surface area contributed by atoms with Gasteiger partial charge in [-0.25, -0.2) is 4.98 Å². The van der Waals surface area contributed by atoms with Crippen molar-refractivity contribution in [3.8, 4) is 22.9 Å². The lowest BCUT2D eigenvalue weighted by Gasteiger charge is -2.12. The molecule has 0 aliphatic rings. The van der Waals surface area contributed by atoms with E-state index in [1.807, 2.05) is 19.1 Å². The predicted molar refractivity (Wildman–Crippen MR) is 72.4 cm³/mol.